The monoisotopic (exact) mass is 247 g/mol. The second-order valence-corrected chi connectivity index (χ2v) is 5.47. The van der Waals surface area contributed by atoms with Gasteiger partial charge in [-0.05, 0) is 56.2 Å². The summed E-state index contributed by atoms with van der Waals surface area (Å²) < 4.78 is 5.47. The zero-order chi connectivity index (χ0) is 13.0. The summed E-state index contributed by atoms with van der Waals surface area (Å²) in [6.45, 7) is 5.00. The Hall–Kier alpha value is -1.02. The molecule has 0 aromatic heterocycles. The number of rotatable bonds is 4. The molecule has 0 bridgehead atoms. The van der Waals surface area contributed by atoms with Crippen LogP contribution in [0, 0.1) is 5.92 Å². The van der Waals surface area contributed by atoms with Gasteiger partial charge in [0.25, 0.3) is 0 Å². The summed E-state index contributed by atoms with van der Waals surface area (Å²) in [4.78, 5) is 0. The first-order valence-electron chi connectivity index (χ1n) is 7.20. The van der Waals surface area contributed by atoms with Crippen LogP contribution in [0.3, 0.4) is 0 Å². The molecule has 1 aromatic rings. The Bertz CT molecular complexity index is 363. The minimum atomic E-state index is -0.115. The molecule has 0 amide bonds. The molecule has 0 heterocycles. The Kier molecular flexibility index (Phi) is 4.28. The van der Waals surface area contributed by atoms with E-state index in [9.17, 15) is 0 Å². The van der Waals surface area contributed by atoms with E-state index >= 15 is 0 Å². The molecule has 1 aliphatic rings. The van der Waals surface area contributed by atoms with E-state index in [0.717, 1.165) is 24.5 Å². The fraction of sp³-hybridized carbons (Fsp3) is 0.625. The Balaban J connectivity index is 2.06. The number of nitrogens with two attached hydrogens (primary N) is 1. The van der Waals surface area contributed by atoms with Crippen molar-refractivity contribution in [2.45, 2.75) is 51.5 Å². The lowest BCUT2D eigenvalue weighted by atomic mass is 9.73. The zero-order valence-corrected chi connectivity index (χ0v) is 11.6. The summed E-state index contributed by atoms with van der Waals surface area (Å²) in [7, 11) is 0. The highest BCUT2D eigenvalue weighted by atomic mass is 16.5. The predicted octanol–water partition coefficient (Wildman–Crippen LogP) is 3.84. The molecule has 0 aliphatic heterocycles. The van der Waals surface area contributed by atoms with E-state index in [1.54, 1.807) is 0 Å². The van der Waals surface area contributed by atoms with Crippen LogP contribution in [-0.4, -0.2) is 6.61 Å². The molecule has 0 spiro atoms. The van der Waals surface area contributed by atoms with Crippen molar-refractivity contribution in [2.24, 2.45) is 11.7 Å². The summed E-state index contributed by atoms with van der Waals surface area (Å²) in [5, 5.41) is 0. The zero-order valence-electron chi connectivity index (χ0n) is 11.6. The summed E-state index contributed by atoms with van der Waals surface area (Å²) >= 11 is 0. The smallest absolute Gasteiger partial charge is 0.119 e. The molecule has 2 N–H and O–H groups in total. The average molecular weight is 247 g/mol. The van der Waals surface area contributed by atoms with Gasteiger partial charge in [-0.25, -0.2) is 0 Å². The summed E-state index contributed by atoms with van der Waals surface area (Å²) in [5.41, 5.74) is 7.73. The van der Waals surface area contributed by atoms with E-state index in [0.29, 0.717) is 6.61 Å². The highest BCUT2D eigenvalue weighted by Gasteiger charge is 2.32. The quantitative estimate of drug-likeness (QED) is 0.877. The Morgan fingerprint density at radius 2 is 1.78 bits per heavy atom. The van der Waals surface area contributed by atoms with Crippen LogP contribution in [0.5, 0.6) is 5.75 Å². The van der Waals surface area contributed by atoms with Crippen molar-refractivity contribution in [3.05, 3.63) is 29.8 Å². The number of ether oxygens (including phenoxy) is 1. The molecule has 1 aromatic carbocycles. The molecular weight excluding hydrogens is 222 g/mol. The molecule has 0 unspecified atom stereocenters. The Morgan fingerprint density at radius 3 is 2.28 bits per heavy atom. The van der Waals surface area contributed by atoms with Gasteiger partial charge in [0.1, 0.15) is 5.75 Å². The third-order valence-electron chi connectivity index (χ3n) is 4.31. The lowest BCUT2D eigenvalue weighted by molar-refractivity contribution is 0.231. The highest BCUT2D eigenvalue weighted by molar-refractivity contribution is 5.32. The van der Waals surface area contributed by atoms with E-state index in [4.69, 9.17) is 10.5 Å². The van der Waals surface area contributed by atoms with Gasteiger partial charge in [-0.2, -0.15) is 0 Å². The van der Waals surface area contributed by atoms with Crippen LogP contribution in [-0.2, 0) is 5.54 Å². The highest BCUT2D eigenvalue weighted by Crippen LogP contribution is 2.38. The van der Waals surface area contributed by atoms with Crippen molar-refractivity contribution in [3.63, 3.8) is 0 Å². The molecule has 0 radical (unpaired) electrons. The van der Waals surface area contributed by atoms with Crippen molar-refractivity contribution in [2.75, 3.05) is 6.61 Å². The molecule has 0 saturated heterocycles. The largest absolute Gasteiger partial charge is 0.494 e. The van der Waals surface area contributed by atoms with Crippen LogP contribution in [0.25, 0.3) is 0 Å². The van der Waals surface area contributed by atoms with Gasteiger partial charge in [0, 0.05) is 5.54 Å². The van der Waals surface area contributed by atoms with E-state index in [2.05, 4.69) is 19.1 Å². The topological polar surface area (TPSA) is 35.2 Å². The minimum Gasteiger partial charge on any atom is -0.494 e. The van der Waals surface area contributed by atoms with Gasteiger partial charge in [0.15, 0.2) is 0 Å². The molecule has 1 fully saturated rings. The van der Waals surface area contributed by atoms with Crippen molar-refractivity contribution >= 4 is 0 Å². The van der Waals surface area contributed by atoms with Crippen molar-refractivity contribution < 1.29 is 4.74 Å². The maximum Gasteiger partial charge on any atom is 0.119 e. The Labute approximate surface area is 111 Å². The first-order chi connectivity index (χ1) is 8.68. The van der Waals surface area contributed by atoms with Gasteiger partial charge in [-0.1, -0.05) is 25.5 Å². The first-order valence-corrected chi connectivity index (χ1v) is 7.20. The molecule has 2 nitrogen and oxygen atoms in total. The maximum absolute atomic E-state index is 6.58. The molecule has 100 valence electrons. The maximum atomic E-state index is 6.58. The van der Waals surface area contributed by atoms with Crippen molar-refractivity contribution in [3.8, 4) is 5.75 Å². The van der Waals surface area contributed by atoms with Crippen molar-refractivity contribution in [1.29, 1.82) is 0 Å². The molecule has 1 saturated carbocycles. The average Bonchev–Trinajstić information content (AvgIpc) is 2.41. The van der Waals surface area contributed by atoms with Crippen LogP contribution >= 0.6 is 0 Å². The SMILES string of the molecule is CCOc1ccc(C2(N)CCC(CC)CC2)cc1. The van der Waals surface area contributed by atoms with Crippen LogP contribution < -0.4 is 10.5 Å². The first kappa shape index (κ1) is 13.4. The van der Waals surface area contributed by atoms with Crippen molar-refractivity contribution in [1.82, 2.24) is 0 Å². The molecule has 1 aliphatic carbocycles. The Morgan fingerprint density at radius 1 is 1.17 bits per heavy atom. The van der Waals surface area contributed by atoms with Gasteiger partial charge >= 0.3 is 0 Å². The second-order valence-electron chi connectivity index (χ2n) is 5.47. The van der Waals surface area contributed by atoms with E-state index in [1.807, 2.05) is 19.1 Å². The van der Waals surface area contributed by atoms with Gasteiger partial charge in [0.2, 0.25) is 0 Å². The van der Waals surface area contributed by atoms with Gasteiger partial charge in [-0.3, -0.25) is 0 Å². The number of hydrogen-bond donors (Lipinski definition) is 1. The van der Waals surface area contributed by atoms with Crippen LogP contribution in [0.15, 0.2) is 24.3 Å². The van der Waals surface area contributed by atoms with E-state index in [1.165, 1.54) is 24.8 Å². The normalized spacial score (nSPS) is 28.1. The molecule has 18 heavy (non-hydrogen) atoms. The number of hydrogen-bond acceptors (Lipinski definition) is 2. The van der Waals surface area contributed by atoms with Crippen LogP contribution in [0.2, 0.25) is 0 Å². The minimum absolute atomic E-state index is 0.115. The summed E-state index contributed by atoms with van der Waals surface area (Å²) in [5.74, 6) is 1.82. The van der Waals surface area contributed by atoms with Crippen LogP contribution in [0.4, 0.5) is 0 Å². The summed E-state index contributed by atoms with van der Waals surface area (Å²) in [6.07, 6.45) is 6.04. The lowest BCUT2D eigenvalue weighted by Crippen LogP contribution is -2.40. The third kappa shape index (κ3) is 2.86. The molecule has 0 atom stereocenters. The molecule has 2 rings (SSSR count). The van der Waals surface area contributed by atoms with Crippen LogP contribution in [0.1, 0.15) is 51.5 Å². The third-order valence-corrected chi connectivity index (χ3v) is 4.31. The van der Waals surface area contributed by atoms with Gasteiger partial charge in [-0.15, -0.1) is 0 Å². The van der Waals surface area contributed by atoms with E-state index in [-0.39, 0.29) is 5.54 Å². The molecular formula is C16H25NO. The van der Waals surface area contributed by atoms with E-state index < -0.39 is 0 Å². The summed E-state index contributed by atoms with van der Waals surface area (Å²) in [6, 6.07) is 8.35. The predicted molar refractivity (Wildman–Crippen MR) is 75.7 cm³/mol. The number of benzene rings is 1. The fourth-order valence-corrected chi connectivity index (χ4v) is 2.94. The molecule has 2 heteroatoms. The van der Waals surface area contributed by atoms with Gasteiger partial charge < -0.3 is 10.5 Å². The fourth-order valence-electron chi connectivity index (χ4n) is 2.94. The lowest BCUT2D eigenvalue weighted by Gasteiger charge is -2.37. The standard InChI is InChI=1S/C16H25NO/c1-3-13-9-11-16(17,12-10-13)14-5-7-15(8-6-14)18-4-2/h5-8,13H,3-4,9-12,17H2,1-2H3. The van der Waals surface area contributed by atoms with Gasteiger partial charge in [0.05, 0.1) is 6.61 Å². The second kappa shape index (κ2) is 5.75.